The molecule has 5 rings (SSSR count). The topological polar surface area (TPSA) is 68.8 Å². The zero-order chi connectivity index (χ0) is 24.7. The first-order chi connectivity index (χ1) is 16.7. The van der Waals surface area contributed by atoms with Crippen LogP contribution in [-0.2, 0) is 11.2 Å². The Bertz CT molecular complexity index is 1400. The number of rotatable bonds is 4. The molecule has 0 spiro atoms. The van der Waals surface area contributed by atoms with Crippen molar-refractivity contribution in [3.8, 4) is 16.9 Å². The van der Waals surface area contributed by atoms with Crippen LogP contribution in [-0.4, -0.2) is 43.2 Å². The Morgan fingerprint density at radius 3 is 2.63 bits per heavy atom. The summed E-state index contributed by atoms with van der Waals surface area (Å²) in [6, 6.07) is 11.1. The van der Waals surface area contributed by atoms with Gasteiger partial charge in [0.2, 0.25) is 0 Å². The summed E-state index contributed by atoms with van der Waals surface area (Å²) in [7, 11) is 0. The van der Waals surface area contributed by atoms with Gasteiger partial charge in [0.05, 0.1) is 28.9 Å². The highest BCUT2D eigenvalue weighted by atomic mass is 35.5. The Labute approximate surface area is 203 Å². The molecule has 3 heterocycles. The number of benzene rings is 2. The van der Waals surface area contributed by atoms with Crippen molar-refractivity contribution < 1.29 is 18.0 Å². The summed E-state index contributed by atoms with van der Waals surface area (Å²) in [4.78, 5) is 18.3. The molecule has 0 saturated carbocycles. The van der Waals surface area contributed by atoms with Gasteiger partial charge in [-0.2, -0.15) is 13.2 Å². The Morgan fingerprint density at radius 1 is 1.11 bits per heavy atom. The number of nitrogens with zero attached hydrogens (tertiary/aromatic N) is 6. The van der Waals surface area contributed by atoms with Crippen molar-refractivity contribution in [2.75, 3.05) is 11.4 Å². The number of aromatic nitrogens is 5. The molecule has 0 fully saturated rings. The van der Waals surface area contributed by atoms with Gasteiger partial charge in [-0.05, 0) is 43.5 Å². The SMILES string of the molecule is Cc1cn(-c2ccc(-c3cn([C@@H]4CCc5ccccc5N(CC(F)(F)F)C4=O)nn3)cc2Cl)cn1. The lowest BCUT2D eigenvalue weighted by Gasteiger charge is -2.26. The monoisotopic (exact) mass is 500 g/mol. The van der Waals surface area contributed by atoms with Crippen LogP contribution in [0.15, 0.2) is 61.2 Å². The number of aryl methyl sites for hydroxylation is 2. The van der Waals surface area contributed by atoms with Crippen LogP contribution in [0.5, 0.6) is 0 Å². The largest absolute Gasteiger partial charge is 0.406 e. The normalized spacial score (nSPS) is 16.3. The van der Waals surface area contributed by atoms with Crippen LogP contribution >= 0.6 is 11.6 Å². The Hall–Kier alpha value is -3.66. The molecule has 0 saturated heterocycles. The fraction of sp³-hybridized carbons (Fsp3) is 0.250. The van der Waals surface area contributed by atoms with Crippen molar-refractivity contribution in [1.29, 1.82) is 0 Å². The fourth-order valence-corrected chi connectivity index (χ4v) is 4.56. The summed E-state index contributed by atoms with van der Waals surface area (Å²) in [5, 5.41) is 8.73. The maximum absolute atomic E-state index is 13.3. The van der Waals surface area contributed by atoms with E-state index >= 15 is 0 Å². The van der Waals surface area contributed by atoms with Crippen LogP contribution in [0, 0.1) is 6.92 Å². The van der Waals surface area contributed by atoms with Crippen molar-refractivity contribution >= 4 is 23.2 Å². The second-order valence-corrected chi connectivity index (χ2v) is 8.80. The van der Waals surface area contributed by atoms with E-state index in [-0.39, 0.29) is 5.69 Å². The van der Waals surface area contributed by atoms with E-state index in [0.29, 0.717) is 34.7 Å². The molecule has 1 amide bonds. The number of imidazole rings is 1. The highest BCUT2D eigenvalue weighted by Crippen LogP contribution is 2.34. The van der Waals surface area contributed by atoms with Gasteiger partial charge in [-0.15, -0.1) is 5.10 Å². The lowest BCUT2D eigenvalue weighted by atomic mass is 10.1. The third-order valence-corrected chi connectivity index (χ3v) is 6.22. The van der Waals surface area contributed by atoms with Gasteiger partial charge in [-0.1, -0.05) is 41.1 Å². The number of carbonyl (C=O) groups excluding carboxylic acids is 1. The molecule has 0 radical (unpaired) electrons. The van der Waals surface area contributed by atoms with E-state index in [1.165, 1.54) is 4.68 Å². The number of hydrogen-bond acceptors (Lipinski definition) is 4. The summed E-state index contributed by atoms with van der Waals surface area (Å²) >= 11 is 6.48. The summed E-state index contributed by atoms with van der Waals surface area (Å²) < 4.78 is 43.2. The maximum atomic E-state index is 13.3. The molecule has 0 unspecified atom stereocenters. The highest BCUT2D eigenvalue weighted by Gasteiger charge is 2.39. The van der Waals surface area contributed by atoms with Crippen molar-refractivity contribution in [3.63, 3.8) is 0 Å². The molecule has 1 aliphatic heterocycles. The standard InChI is InChI=1S/C24H20ClF3N6O/c1-15-11-32(14-29-15)21-8-7-17(10-18(21)25)19-12-34(31-30-19)22-9-6-16-4-2-3-5-20(16)33(23(22)35)13-24(26,27)28/h2-5,7-8,10-12,14,22H,6,9,13H2,1H3/t22-/m1/s1. The number of amides is 1. The molecule has 180 valence electrons. The summed E-state index contributed by atoms with van der Waals surface area (Å²) in [6.45, 7) is 0.506. The number of hydrogen-bond donors (Lipinski definition) is 0. The van der Waals surface area contributed by atoms with Gasteiger partial charge in [0.25, 0.3) is 5.91 Å². The Kier molecular flexibility index (Phi) is 5.84. The molecule has 0 N–H and O–H groups in total. The predicted molar refractivity (Wildman–Crippen MR) is 125 cm³/mol. The van der Waals surface area contributed by atoms with E-state index in [4.69, 9.17) is 11.6 Å². The van der Waals surface area contributed by atoms with E-state index in [0.717, 1.165) is 16.3 Å². The van der Waals surface area contributed by atoms with Gasteiger partial charge in [0.15, 0.2) is 0 Å². The van der Waals surface area contributed by atoms with Gasteiger partial charge in [-0.25, -0.2) is 9.67 Å². The lowest BCUT2D eigenvalue weighted by Crippen LogP contribution is -2.42. The minimum atomic E-state index is -4.54. The second kappa shape index (κ2) is 8.84. The van der Waals surface area contributed by atoms with Gasteiger partial charge >= 0.3 is 6.18 Å². The fourth-order valence-electron chi connectivity index (χ4n) is 4.28. The Balaban J connectivity index is 1.45. The highest BCUT2D eigenvalue weighted by molar-refractivity contribution is 6.32. The summed E-state index contributed by atoms with van der Waals surface area (Å²) in [5.41, 5.74) is 3.67. The summed E-state index contributed by atoms with van der Waals surface area (Å²) in [5.74, 6) is -0.674. The van der Waals surface area contributed by atoms with Crippen LogP contribution in [0.1, 0.15) is 23.7 Å². The maximum Gasteiger partial charge on any atom is 0.406 e. The van der Waals surface area contributed by atoms with Crippen molar-refractivity contribution in [1.82, 2.24) is 24.5 Å². The lowest BCUT2D eigenvalue weighted by molar-refractivity contribution is -0.134. The van der Waals surface area contributed by atoms with Gasteiger partial charge in [0, 0.05) is 17.4 Å². The number of carbonyl (C=O) groups is 1. The van der Waals surface area contributed by atoms with Crippen molar-refractivity contribution in [2.24, 2.45) is 0 Å². The molecule has 35 heavy (non-hydrogen) atoms. The average Bonchev–Trinajstić information content (AvgIpc) is 3.44. The molecule has 7 nitrogen and oxygen atoms in total. The van der Waals surface area contributed by atoms with Crippen LogP contribution in [0.25, 0.3) is 16.9 Å². The molecule has 2 aromatic carbocycles. The van der Waals surface area contributed by atoms with Crippen molar-refractivity contribution in [3.05, 3.63) is 77.5 Å². The molecular weight excluding hydrogens is 481 g/mol. The molecule has 1 aliphatic rings. The molecule has 2 aromatic heterocycles. The third-order valence-electron chi connectivity index (χ3n) is 5.92. The molecule has 11 heteroatoms. The minimum absolute atomic E-state index is 0.273. The number of fused-ring (bicyclic) bond motifs is 1. The first-order valence-electron chi connectivity index (χ1n) is 10.9. The van der Waals surface area contributed by atoms with Gasteiger partial charge < -0.3 is 9.47 Å². The number of alkyl halides is 3. The predicted octanol–water partition coefficient (Wildman–Crippen LogP) is 5.18. The van der Waals surface area contributed by atoms with Crippen LogP contribution < -0.4 is 4.90 Å². The van der Waals surface area contributed by atoms with Crippen LogP contribution in [0.2, 0.25) is 5.02 Å². The first kappa shape index (κ1) is 23.1. The summed E-state index contributed by atoms with van der Waals surface area (Å²) in [6.07, 6.45) is 1.26. The average molecular weight is 501 g/mol. The number of para-hydroxylation sites is 1. The molecule has 1 atom stereocenters. The molecular formula is C24H20ClF3N6O. The molecule has 4 aromatic rings. The zero-order valence-electron chi connectivity index (χ0n) is 18.6. The van der Waals surface area contributed by atoms with E-state index < -0.39 is 24.7 Å². The van der Waals surface area contributed by atoms with E-state index in [9.17, 15) is 18.0 Å². The molecule has 0 bridgehead atoms. The van der Waals surface area contributed by atoms with E-state index in [1.807, 2.05) is 25.3 Å². The van der Waals surface area contributed by atoms with Gasteiger partial charge in [-0.3, -0.25) is 4.79 Å². The van der Waals surface area contributed by atoms with E-state index in [2.05, 4.69) is 15.3 Å². The smallest absolute Gasteiger partial charge is 0.305 e. The molecule has 0 aliphatic carbocycles. The van der Waals surface area contributed by atoms with Crippen LogP contribution in [0.3, 0.4) is 0 Å². The number of anilines is 1. The van der Waals surface area contributed by atoms with Crippen LogP contribution in [0.4, 0.5) is 18.9 Å². The third kappa shape index (κ3) is 4.66. The van der Waals surface area contributed by atoms with Gasteiger partial charge in [0.1, 0.15) is 18.3 Å². The van der Waals surface area contributed by atoms with E-state index in [1.54, 1.807) is 47.4 Å². The quantitative estimate of drug-likeness (QED) is 0.387. The zero-order valence-corrected chi connectivity index (χ0v) is 19.3. The van der Waals surface area contributed by atoms with Crippen molar-refractivity contribution in [2.45, 2.75) is 32.0 Å². The number of halogens is 4. The first-order valence-corrected chi connectivity index (χ1v) is 11.3. The Morgan fingerprint density at radius 2 is 1.91 bits per heavy atom. The minimum Gasteiger partial charge on any atom is -0.305 e. The second-order valence-electron chi connectivity index (χ2n) is 8.40.